The lowest BCUT2D eigenvalue weighted by atomic mass is 10.0. The highest BCUT2D eigenvalue weighted by Crippen LogP contribution is 2.43. The first kappa shape index (κ1) is 48.6. The molecule has 0 saturated carbocycles. The summed E-state index contributed by atoms with van der Waals surface area (Å²) in [7, 11) is -4.29. The van der Waals surface area contributed by atoms with Crippen LogP contribution in [-0.2, 0) is 27.9 Å². The number of carbonyl (C=O) groups is 1. The second-order valence-corrected chi connectivity index (χ2v) is 15.1. The van der Waals surface area contributed by atoms with E-state index in [2.05, 4.69) is 38.2 Å². The lowest BCUT2D eigenvalue weighted by molar-refractivity contribution is -0.153. The Morgan fingerprint density at radius 2 is 1.06 bits per heavy atom. The zero-order chi connectivity index (χ0) is 36.6. The van der Waals surface area contributed by atoms with Gasteiger partial charge in [0.05, 0.1) is 19.5 Å². The minimum Gasteiger partial charge on any atom is -0.498 e. The number of esters is 1. The lowest BCUT2D eigenvalue weighted by Gasteiger charge is -2.19. The van der Waals surface area contributed by atoms with Gasteiger partial charge in [0, 0.05) is 13.0 Å². The molecule has 0 aliphatic carbocycles. The molecular formula is C41H78NO7P. The van der Waals surface area contributed by atoms with Gasteiger partial charge in [0.2, 0.25) is 0 Å². The Bertz CT molecular complexity index is 864. The Balaban J connectivity index is 4.13. The van der Waals surface area contributed by atoms with Crippen LogP contribution < -0.4 is 5.73 Å². The number of nitrogens with two attached hydrogens (primary N) is 1. The summed E-state index contributed by atoms with van der Waals surface area (Å²) in [6, 6.07) is 0. The Hall–Kier alpha value is -1.44. The molecule has 0 heterocycles. The van der Waals surface area contributed by atoms with E-state index in [9.17, 15) is 14.3 Å². The molecule has 0 fully saturated rings. The topological polar surface area (TPSA) is 117 Å². The molecule has 0 spiro atoms. The molecule has 1 unspecified atom stereocenters. The molecule has 0 aromatic heterocycles. The molecule has 0 radical (unpaired) electrons. The van der Waals surface area contributed by atoms with Gasteiger partial charge in [-0.3, -0.25) is 13.8 Å². The average Bonchev–Trinajstić information content (AvgIpc) is 3.10. The number of hydrogen-bond acceptors (Lipinski definition) is 7. The number of ether oxygens (including phenoxy) is 2. The van der Waals surface area contributed by atoms with Crippen LogP contribution in [0.5, 0.6) is 0 Å². The maximum atomic E-state index is 12.5. The summed E-state index contributed by atoms with van der Waals surface area (Å²) in [4.78, 5) is 22.4. The van der Waals surface area contributed by atoms with Gasteiger partial charge in [-0.1, -0.05) is 160 Å². The minimum atomic E-state index is -4.29. The van der Waals surface area contributed by atoms with Gasteiger partial charge in [-0.25, -0.2) is 4.57 Å². The first-order chi connectivity index (χ1) is 24.4. The fourth-order valence-corrected chi connectivity index (χ4v) is 6.37. The highest BCUT2D eigenvalue weighted by Gasteiger charge is 2.25. The van der Waals surface area contributed by atoms with Crippen molar-refractivity contribution in [3.8, 4) is 0 Å². The second-order valence-electron chi connectivity index (χ2n) is 13.6. The number of hydrogen-bond donors (Lipinski definition) is 2. The van der Waals surface area contributed by atoms with Gasteiger partial charge in [-0.15, -0.1) is 0 Å². The van der Waals surface area contributed by atoms with Crippen LogP contribution in [0.4, 0.5) is 0 Å². The Morgan fingerprint density at radius 3 is 1.56 bits per heavy atom. The van der Waals surface area contributed by atoms with Crippen LogP contribution >= 0.6 is 7.82 Å². The number of phosphoric ester groups is 1. The predicted molar refractivity (Wildman–Crippen MR) is 210 cm³/mol. The first-order valence-electron chi connectivity index (χ1n) is 20.5. The van der Waals surface area contributed by atoms with Crippen LogP contribution in [0.2, 0.25) is 0 Å². The fourth-order valence-electron chi connectivity index (χ4n) is 5.60. The van der Waals surface area contributed by atoms with Gasteiger partial charge in [-0.05, 0) is 51.0 Å². The van der Waals surface area contributed by atoms with E-state index in [4.69, 9.17) is 24.3 Å². The second kappa shape index (κ2) is 38.8. The smallest absolute Gasteiger partial charge is 0.472 e. The van der Waals surface area contributed by atoms with Crippen molar-refractivity contribution in [2.24, 2.45) is 5.73 Å². The normalized spacial score (nSPS) is 13.8. The van der Waals surface area contributed by atoms with Gasteiger partial charge in [-0.2, -0.15) is 0 Å². The van der Waals surface area contributed by atoms with E-state index in [1.807, 2.05) is 6.08 Å². The molecular weight excluding hydrogens is 649 g/mol. The molecule has 0 aliphatic rings. The van der Waals surface area contributed by atoms with Crippen molar-refractivity contribution in [3.63, 3.8) is 0 Å². The molecule has 50 heavy (non-hydrogen) atoms. The summed E-state index contributed by atoms with van der Waals surface area (Å²) in [5.74, 6) is -0.367. The molecule has 2 atom stereocenters. The van der Waals surface area contributed by atoms with Crippen molar-refractivity contribution >= 4 is 13.8 Å². The monoisotopic (exact) mass is 728 g/mol. The van der Waals surface area contributed by atoms with Crippen molar-refractivity contribution in [3.05, 3.63) is 36.6 Å². The van der Waals surface area contributed by atoms with Crippen LogP contribution in [0, 0.1) is 0 Å². The van der Waals surface area contributed by atoms with E-state index >= 15 is 0 Å². The minimum absolute atomic E-state index is 0.0272. The zero-order valence-corrected chi connectivity index (χ0v) is 33.3. The summed E-state index contributed by atoms with van der Waals surface area (Å²) < 4.78 is 33.1. The molecule has 0 aromatic rings. The van der Waals surface area contributed by atoms with Crippen molar-refractivity contribution in [2.45, 2.75) is 193 Å². The number of carbonyl (C=O) groups excluding carboxylic acids is 1. The largest absolute Gasteiger partial charge is 0.498 e. The number of unbranched alkanes of at least 4 members (excludes halogenated alkanes) is 23. The van der Waals surface area contributed by atoms with Crippen molar-refractivity contribution in [1.29, 1.82) is 0 Å². The highest BCUT2D eigenvalue weighted by atomic mass is 31.2. The van der Waals surface area contributed by atoms with Gasteiger partial charge < -0.3 is 20.1 Å². The standard InChI is InChI=1S/C41H78NO7P/c1-3-5-7-9-11-13-15-17-19-21-23-25-27-29-31-33-36-46-38-40(39-48-50(44,45)47-37-35-42)49-41(43)34-32-30-28-26-24-22-20-18-16-14-12-10-8-6-4-2/h14,16,18,20,33,36,40H,3-13,15,17,19,21-32,34-35,37-39,42H2,1-2H3,(H,44,45)/b16-14+,20-18+,36-33+/t40-/m1/s1. The summed E-state index contributed by atoms with van der Waals surface area (Å²) in [6.45, 7) is 4.21. The van der Waals surface area contributed by atoms with Gasteiger partial charge >= 0.3 is 13.8 Å². The Kier molecular flexibility index (Phi) is 37.7. The molecule has 0 rings (SSSR count). The highest BCUT2D eigenvalue weighted by molar-refractivity contribution is 7.47. The first-order valence-corrected chi connectivity index (χ1v) is 22.0. The van der Waals surface area contributed by atoms with Crippen molar-refractivity contribution in [2.75, 3.05) is 26.4 Å². The van der Waals surface area contributed by atoms with E-state index in [1.165, 1.54) is 109 Å². The lowest BCUT2D eigenvalue weighted by Crippen LogP contribution is -2.27. The van der Waals surface area contributed by atoms with Crippen molar-refractivity contribution in [1.82, 2.24) is 0 Å². The van der Waals surface area contributed by atoms with E-state index in [-0.39, 0.29) is 38.8 Å². The molecule has 3 N–H and O–H groups in total. The maximum absolute atomic E-state index is 12.5. The molecule has 0 saturated heterocycles. The molecule has 294 valence electrons. The molecule has 0 amide bonds. The fraction of sp³-hybridized carbons (Fsp3) is 0.829. The van der Waals surface area contributed by atoms with E-state index in [0.717, 1.165) is 57.8 Å². The predicted octanol–water partition coefficient (Wildman–Crippen LogP) is 12.2. The number of rotatable bonds is 39. The van der Waals surface area contributed by atoms with E-state index in [0.29, 0.717) is 0 Å². The van der Waals surface area contributed by atoms with E-state index < -0.39 is 13.9 Å². The zero-order valence-electron chi connectivity index (χ0n) is 32.4. The molecule has 9 heteroatoms. The molecule has 0 aromatic carbocycles. The van der Waals surface area contributed by atoms with Crippen LogP contribution in [-0.4, -0.2) is 43.3 Å². The molecule has 0 bridgehead atoms. The van der Waals surface area contributed by atoms with Crippen LogP contribution in [0.25, 0.3) is 0 Å². The Labute approximate surface area is 308 Å². The maximum Gasteiger partial charge on any atom is 0.472 e. The van der Waals surface area contributed by atoms with Crippen LogP contribution in [0.1, 0.15) is 187 Å². The van der Waals surface area contributed by atoms with E-state index in [1.54, 1.807) is 6.26 Å². The third kappa shape index (κ3) is 37.8. The number of phosphoric acid groups is 1. The summed E-state index contributed by atoms with van der Waals surface area (Å²) in [5.41, 5.74) is 5.35. The summed E-state index contributed by atoms with van der Waals surface area (Å²) >= 11 is 0. The molecule has 8 nitrogen and oxygen atoms in total. The summed E-state index contributed by atoms with van der Waals surface area (Å²) in [6.07, 6.45) is 43.9. The third-order valence-corrected chi connectivity index (χ3v) is 9.64. The molecule has 0 aliphatic heterocycles. The average molecular weight is 728 g/mol. The van der Waals surface area contributed by atoms with Crippen LogP contribution in [0.15, 0.2) is 36.6 Å². The SMILES string of the molecule is CCCCCC/C=C/C=C/CCCCCCCC(=O)O[C@H](CO/C=C/CCCCCCCCCCCCCCCC)COP(=O)(O)OCCN. The Morgan fingerprint density at radius 1 is 0.620 bits per heavy atom. The van der Waals surface area contributed by atoms with Gasteiger partial charge in [0.1, 0.15) is 6.61 Å². The summed E-state index contributed by atoms with van der Waals surface area (Å²) in [5, 5.41) is 0. The van der Waals surface area contributed by atoms with Crippen molar-refractivity contribution < 1.29 is 32.8 Å². The third-order valence-electron chi connectivity index (χ3n) is 8.65. The van der Waals surface area contributed by atoms with Gasteiger partial charge in [0.25, 0.3) is 0 Å². The quantitative estimate of drug-likeness (QED) is 0.0211. The number of allylic oxidation sites excluding steroid dienone is 5. The van der Waals surface area contributed by atoms with Gasteiger partial charge in [0.15, 0.2) is 6.10 Å². The van der Waals surface area contributed by atoms with Crippen LogP contribution in [0.3, 0.4) is 0 Å².